The Morgan fingerprint density at radius 2 is 1.70 bits per heavy atom. The minimum absolute atomic E-state index is 0.247. The zero-order valence-electron chi connectivity index (χ0n) is 13.4. The van der Waals surface area contributed by atoms with Crippen molar-refractivity contribution in [2.75, 3.05) is 19.6 Å². The van der Waals surface area contributed by atoms with Crippen LogP contribution in [0.5, 0.6) is 0 Å². The third kappa shape index (κ3) is 3.14. The smallest absolute Gasteiger partial charge is 0.243 e. The topological polar surface area (TPSA) is 49.4 Å². The average Bonchev–Trinajstić information content (AvgIpc) is 2.46. The Labute approximate surface area is 135 Å². The molecule has 3 rings (SSSR count). The van der Waals surface area contributed by atoms with Crippen LogP contribution < -0.4 is 5.32 Å². The van der Waals surface area contributed by atoms with Crippen LogP contribution in [0.2, 0.25) is 0 Å². The Bertz CT molecular complexity index is 678. The zero-order valence-corrected chi connectivity index (χ0v) is 14.2. The molecular formula is C16H22F2N2O2S. The summed E-state index contributed by atoms with van der Waals surface area (Å²) in [7, 11) is -3.84. The first kappa shape index (κ1) is 16.8. The zero-order chi connectivity index (χ0) is 16.8. The van der Waals surface area contributed by atoms with Crippen molar-refractivity contribution < 1.29 is 17.2 Å². The number of rotatable bonds is 3. The molecule has 23 heavy (non-hydrogen) atoms. The Kier molecular flexibility index (Phi) is 4.23. The SMILES string of the molecule is CC1(C)CN[C@@H]1C1CCN(S(=O)(=O)c2cc(F)cc(F)c2)CC1. The highest BCUT2D eigenvalue weighted by molar-refractivity contribution is 7.89. The van der Waals surface area contributed by atoms with Crippen LogP contribution in [-0.4, -0.2) is 38.4 Å². The molecule has 2 aliphatic rings. The molecule has 1 N–H and O–H groups in total. The van der Waals surface area contributed by atoms with Gasteiger partial charge in [0.1, 0.15) is 11.6 Å². The second-order valence-corrected chi connectivity index (χ2v) is 9.13. The maximum absolute atomic E-state index is 13.3. The summed E-state index contributed by atoms with van der Waals surface area (Å²) in [4.78, 5) is -0.310. The number of piperidine rings is 1. The molecule has 1 aromatic carbocycles. The monoisotopic (exact) mass is 344 g/mol. The molecule has 4 nitrogen and oxygen atoms in total. The maximum atomic E-state index is 13.3. The van der Waals surface area contributed by atoms with Gasteiger partial charge in [-0.2, -0.15) is 4.31 Å². The van der Waals surface area contributed by atoms with Gasteiger partial charge in [0.25, 0.3) is 0 Å². The van der Waals surface area contributed by atoms with E-state index in [9.17, 15) is 17.2 Å². The van der Waals surface area contributed by atoms with Gasteiger partial charge in [0.15, 0.2) is 0 Å². The second kappa shape index (κ2) is 5.79. The number of sulfonamides is 1. The van der Waals surface area contributed by atoms with E-state index in [1.54, 1.807) is 0 Å². The minimum atomic E-state index is -3.84. The molecule has 1 atom stereocenters. The first-order chi connectivity index (χ1) is 10.7. The van der Waals surface area contributed by atoms with Crippen molar-refractivity contribution in [2.45, 2.75) is 37.6 Å². The third-order valence-corrected chi connectivity index (χ3v) is 6.94. The minimum Gasteiger partial charge on any atom is -0.313 e. The van der Waals surface area contributed by atoms with Gasteiger partial charge in [0.05, 0.1) is 4.90 Å². The first-order valence-corrected chi connectivity index (χ1v) is 9.34. The molecule has 0 spiro atoms. The van der Waals surface area contributed by atoms with Crippen LogP contribution in [0.15, 0.2) is 23.1 Å². The summed E-state index contributed by atoms with van der Waals surface area (Å²) in [6.07, 6.45) is 1.52. The lowest BCUT2D eigenvalue weighted by molar-refractivity contribution is 0.0518. The van der Waals surface area contributed by atoms with Gasteiger partial charge in [-0.3, -0.25) is 0 Å². The predicted octanol–water partition coefficient (Wildman–Crippen LogP) is 2.36. The molecule has 0 unspecified atom stereocenters. The lowest BCUT2D eigenvalue weighted by Crippen LogP contribution is -2.63. The molecule has 128 valence electrons. The fourth-order valence-electron chi connectivity index (χ4n) is 3.71. The molecule has 7 heteroatoms. The van der Waals surface area contributed by atoms with E-state index in [0.29, 0.717) is 31.1 Å². The van der Waals surface area contributed by atoms with Crippen molar-refractivity contribution in [2.24, 2.45) is 11.3 Å². The predicted molar refractivity (Wildman–Crippen MR) is 83.4 cm³/mol. The molecule has 0 saturated carbocycles. The van der Waals surface area contributed by atoms with Crippen LogP contribution in [-0.2, 0) is 10.0 Å². The fourth-order valence-corrected chi connectivity index (χ4v) is 5.22. The van der Waals surface area contributed by atoms with E-state index in [4.69, 9.17) is 0 Å². The molecule has 2 aliphatic heterocycles. The number of halogens is 2. The summed E-state index contributed by atoms with van der Waals surface area (Å²) < 4.78 is 53.1. The number of nitrogens with one attached hydrogen (secondary N) is 1. The Balaban J connectivity index is 1.71. The third-order valence-electron chi connectivity index (χ3n) is 5.06. The van der Waals surface area contributed by atoms with Gasteiger partial charge in [-0.05, 0) is 36.3 Å². The van der Waals surface area contributed by atoms with Crippen molar-refractivity contribution in [3.8, 4) is 0 Å². The van der Waals surface area contributed by atoms with E-state index in [1.807, 2.05) is 0 Å². The number of nitrogens with zero attached hydrogens (tertiary/aromatic N) is 1. The fraction of sp³-hybridized carbons (Fsp3) is 0.625. The molecule has 2 fully saturated rings. The summed E-state index contributed by atoms with van der Waals surface area (Å²) in [6, 6.07) is 2.84. The van der Waals surface area contributed by atoms with Crippen LogP contribution in [0.25, 0.3) is 0 Å². The van der Waals surface area contributed by atoms with Gasteiger partial charge in [0.2, 0.25) is 10.0 Å². The van der Waals surface area contributed by atoms with E-state index < -0.39 is 21.7 Å². The van der Waals surface area contributed by atoms with Crippen molar-refractivity contribution in [3.05, 3.63) is 29.8 Å². The van der Waals surface area contributed by atoms with Crippen molar-refractivity contribution in [3.63, 3.8) is 0 Å². The summed E-state index contributed by atoms with van der Waals surface area (Å²) in [5.74, 6) is -1.31. The highest BCUT2D eigenvalue weighted by atomic mass is 32.2. The molecule has 1 aromatic rings. The number of hydrogen-bond donors (Lipinski definition) is 1. The number of benzene rings is 1. The molecule has 0 radical (unpaired) electrons. The lowest BCUT2D eigenvalue weighted by atomic mass is 9.69. The Morgan fingerprint density at radius 3 is 2.13 bits per heavy atom. The lowest BCUT2D eigenvalue weighted by Gasteiger charge is -2.51. The highest BCUT2D eigenvalue weighted by Crippen LogP contribution is 2.38. The van der Waals surface area contributed by atoms with E-state index in [2.05, 4.69) is 19.2 Å². The first-order valence-electron chi connectivity index (χ1n) is 7.90. The largest absolute Gasteiger partial charge is 0.313 e. The van der Waals surface area contributed by atoms with Gasteiger partial charge in [-0.15, -0.1) is 0 Å². The van der Waals surface area contributed by atoms with Gasteiger partial charge >= 0.3 is 0 Å². The summed E-state index contributed by atoms with van der Waals surface area (Å²) in [5.41, 5.74) is 0.247. The van der Waals surface area contributed by atoms with Gasteiger partial charge in [-0.25, -0.2) is 17.2 Å². The Hall–Kier alpha value is -1.05. The van der Waals surface area contributed by atoms with Crippen LogP contribution in [0, 0.1) is 23.0 Å². The van der Waals surface area contributed by atoms with Gasteiger partial charge in [0, 0.05) is 31.7 Å². The van der Waals surface area contributed by atoms with Crippen molar-refractivity contribution in [1.82, 2.24) is 9.62 Å². The molecule has 0 amide bonds. The van der Waals surface area contributed by atoms with Crippen LogP contribution >= 0.6 is 0 Å². The Morgan fingerprint density at radius 1 is 1.13 bits per heavy atom. The summed E-state index contributed by atoms with van der Waals surface area (Å²) in [6.45, 7) is 6.19. The van der Waals surface area contributed by atoms with Crippen LogP contribution in [0.3, 0.4) is 0 Å². The van der Waals surface area contributed by atoms with Crippen molar-refractivity contribution in [1.29, 1.82) is 0 Å². The molecule has 2 saturated heterocycles. The highest BCUT2D eigenvalue weighted by Gasteiger charge is 2.44. The quantitative estimate of drug-likeness (QED) is 0.916. The maximum Gasteiger partial charge on any atom is 0.243 e. The normalized spacial score (nSPS) is 26.0. The molecule has 0 bridgehead atoms. The average molecular weight is 344 g/mol. The van der Waals surface area contributed by atoms with E-state index in [-0.39, 0.29) is 10.3 Å². The van der Waals surface area contributed by atoms with Crippen LogP contribution in [0.1, 0.15) is 26.7 Å². The van der Waals surface area contributed by atoms with E-state index in [0.717, 1.165) is 31.5 Å². The summed E-state index contributed by atoms with van der Waals surface area (Å²) >= 11 is 0. The standard InChI is InChI=1S/C16H22F2N2O2S/c1-16(2)10-19-15(16)11-3-5-20(6-4-11)23(21,22)14-8-12(17)7-13(18)9-14/h7-9,11,15,19H,3-6,10H2,1-2H3/t15-/m1/s1. The molecule has 0 aliphatic carbocycles. The summed E-state index contributed by atoms with van der Waals surface area (Å²) in [5, 5.41) is 3.44. The van der Waals surface area contributed by atoms with Gasteiger partial charge < -0.3 is 5.32 Å². The molecule has 0 aromatic heterocycles. The van der Waals surface area contributed by atoms with E-state index in [1.165, 1.54) is 4.31 Å². The van der Waals surface area contributed by atoms with Gasteiger partial charge in [-0.1, -0.05) is 13.8 Å². The van der Waals surface area contributed by atoms with Crippen LogP contribution in [0.4, 0.5) is 8.78 Å². The van der Waals surface area contributed by atoms with E-state index >= 15 is 0 Å². The number of hydrogen-bond acceptors (Lipinski definition) is 3. The molecule has 2 heterocycles. The van der Waals surface area contributed by atoms with Crippen molar-refractivity contribution >= 4 is 10.0 Å². The second-order valence-electron chi connectivity index (χ2n) is 7.19. The molecular weight excluding hydrogens is 322 g/mol.